The standard InChI is InChI=1S/C26H28N4O5S/c1-4-13-34-19-10-8-9-18(14-19)15-27-30-22(31)16-35-21-12-7-6-11-20(21)24-23(25(32)33-5-2)17(3)28-26(36)29-24/h4,6-12,14-15,24H,1,5,13,16H2,2-3H3,(H,30,31)(H2,28,29,36)/t24-/m0/s1. The van der Waals surface area contributed by atoms with Crippen LogP contribution in [0.5, 0.6) is 11.5 Å². The van der Waals surface area contributed by atoms with Crippen LogP contribution in [0.1, 0.15) is 31.0 Å². The number of amides is 1. The van der Waals surface area contributed by atoms with Crippen LogP contribution in [-0.2, 0) is 14.3 Å². The highest BCUT2D eigenvalue weighted by Crippen LogP contribution is 2.33. The molecule has 1 aliphatic rings. The zero-order valence-corrected chi connectivity index (χ0v) is 20.9. The van der Waals surface area contributed by atoms with Crippen LogP contribution in [0.3, 0.4) is 0 Å². The molecule has 1 aliphatic heterocycles. The summed E-state index contributed by atoms with van der Waals surface area (Å²) >= 11 is 5.29. The first-order chi connectivity index (χ1) is 17.4. The molecule has 10 heteroatoms. The average Bonchev–Trinajstić information content (AvgIpc) is 2.86. The molecule has 0 aromatic heterocycles. The number of carbonyl (C=O) groups excluding carboxylic acids is 2. The van der Waals surface area contributed by atoms with Gasteiger partial charge in [0.1, 0.15) is 18.1 Å². The number of hydrazone groups is 1. The van der Waals surface area contributed by atoms with E-state index in [-0.39, 0.29) is 13.2 Å². The van der Waals surface area contributed by atoms with E-state index in [0.717, 1.165) is 5.56 Å². The zero-order chi connectivity index (χ0) is 25.9. The lowest BCUT2D eigenvalue weighted by Crippen LogP contribution is -2.45. The monoisotopic (exact) mass is 508 g/mol. The van der Waals surface area contributed by atoms with Crippen molar-refractivity contribution < 1.29 is 23.8 Å². The summed E-state index contributed by atoms with van der Waals surface area (Å²) in [6.07, 6.45) is 3.16. The maximum atomic E-state index is 12.6. The summed E-state index contributed by atoms with van der Waals surface area (Å²) in [4.78, 5) is 25.0. The van der Waals surface area contributed by atoms with E-state index in [0.29, 0.717) is 40.1 Å². The molecule has 0 radical (unpaired) electrons. The summed E-state index contributed by atoms with van der Waals surface area (Å²) < 4.78 is 16.5. The van der Waals surface area contributed by atoms with Crippen molar-refractivity contribution in [2.24, 2.45) is 5.10 Å². The second-order valence-electron chi connectivity index (χ2n) is 7.58. The van der Waals surface area contributed by atoms with Crippen molar-refractivity contribution >= 4 is 35.4 Å². The van der Waals surface area contributed by atoms with Crippen LogP contribution in [0.25, 0.3) is 0 Å². The van der Waals surface area contributed by atoms with Gasteiger partial charge in [-0.3, -0.25) is 4.79 Å². The highest BCUT2D eigenvalue weighted by atomic mass is 32.1. The third-order valence-electron chi connectivity index (χ3n) is 4.98. The number of benzene rings is 2. The van der Waals surface area contributed by atoms with E-state index in [1.807, 2.05) is 24.3 Å². The number of thiocarbonyl (C=S) groups is 1. The zero-order valence-electron chi connectivity index (χ0n) is 20.1. The normalized spacial score (nSPS) is 15.1. The molecule has 36 heavy (non-hydrogen) atoms. The summed E-state index contributed by atoms with van der Waals surface area (Å²) in [7, 11) is 0. The van der Waals surface area contributed by atoms with Crippen molar-refractivity contribution in [1.82, 2.24) is 16.1 Å². The maximum absolute atomic E-state index is 12.6. The Morgan fingerprint density at radius 1 is 1.19 bits per heavy atom. The van der Waals surface area contributed by atoms with Crippen molar-refractivity contribution in [2.75, 3.05) is 19.8 Å². The van der Waals surface area contributed by atoms with Crippen molar-refractivity contribution in [1.29, 1.82) is 0 Å². The van der Waals surface area contributed by atoms with E-state index in [1.54, 1.807) is 44.2 Å². The number of allylic oxidation sites excluding steroid dienone is 1. The highest BCUT2D eigenvalue weighted by Gasteiger charge is 2.32. The molecule has 0 saturated heterocycles. The first-order valence-corrected chi connectivity index (χ1v) is 11.7. The molecule has 0 bridgehead atoms. The molecular weight excluding hydrogens is 480 g/mol. The number of ether oxygens (including phenoxy) is 3. The first kappa shape index (κ1) is 26.4. The Morgan fingerprint density at radius 3 is 2.78 bits per heavy atom. The van der Waals surface area contributed by atoms with Crippen LogP contribution in [-0.4, -0.2) is 43.0 Å². The Labute approximate surface area is 215 Å². The Balaban J connectivity index is 1.67. The van der Waals surface area contributed by atoms with Gasteiger partial charge in [-0.25, -0.2) is 10.2 Å². The second-order valence-corrected chi connectivity index (χ2v) is 7.99. The van der Waals surface area contributed by atoms with E-state index in [2.05, 4.69) is 27.7 Å². The molecule has 9 nitrogen and oxygen atoms in total. The lowest BCUT2D eigenvalue weighted by molar-refractivity contribution is -0.139. The Kier molecular flexibility index (Phi) is 9.58. The minimum Gasteiger partial charge on any atom is -0.490 e. The van der Waals surface area contributed by atoms with Crippen LogP contribution < -0.4 is 25.5 Å². The van der Waals surface area contributed by atoms with E-state index >= 15 is 0 Å². The molecule has 0 aliphatic carbocycles. The number of rotatable bonds is 11. The van der Waals surface area contributed by atoms with Gasteiger partial charge in [-0.2, -0.15) is 5.10 Å². The summed E-state index contributed by atoms with van der Waals surface area (Å²) in [6, 6.07) is 13.7. The average molecular weight is 509 g/mol. The molecule has 1 atom stereocenters. The summed E-state index contributed by atoms with van der Waals surface area (Å²) in [5.74, 6) is 0.165. The maximum Gasteiger partial charge on any atom is 0.338 e. The number of para-hydroxylation sites is 1. The minimum absolute atomic E-state index is 0.234. The van der Waals surface area contributed by atoms with Crippen LogP contribution in [0.4, 0.5) is 0 Å². The van der Waals surface area contributed by atoms with Gasteiger partial charge in [-0.15, -0.1) is 0 Å². The molecule has 1 heterocycles. The fourth-order valence-electron chi connectivity index (χ4n) is 3.45. The van der Waals surface area contributed by atoms with Crippen molar-refractivity contribution in [2.45, 2.75) is 19.9 Å². The number of carbonyl (C=O) groups is 2. The molecule has 0 unspecified atom stereocenters. The van der Waals surface area contributed by atoms with Crippen molar-refractivity contribution in [3.8, 4) is 11.5 Å². The van der Waals surface area contributed by atoms with E-state index < -0.39 is 17.9 Å². The Hall–Kier alpha value is -4.18. The minimum atomic E-state index is -0.606. The van der Waals surface area contributed by atoms with Gasteiger partial charge in [0.15, 0.2) is 11.7 Å². The fourth-order valence-corrected chi connectivity index (χ4v) is 3.72. The molecule has 188 valence electrons. The third kappa shape index (κ3) is 7.16. The summed E-state index contributed by atoms with van der Waals surface area (Å²) in [6.45, 7) is 7.45. The van der Waals surface area contributed by atoms with Gasteiger partial charge in [0, 0.05) is 11.3 Å². The van der Waals surface area contributed by atoms with E-state index in [1.165, 1.54) is 6.21 Å². The van der Waals surface area contributed by atoms with Gasteiger partial charge in [0.2, 0.25) is 0 Å². The second kappa shape index (κ2) is 13.1. The van der Waals surface area contributed by atoms with Gasteiger partial charge >= 0.3 is 5.97 Å². The lowest BCUT2D eigenvalue weighted by atomic mass is 9.95. The summed E-state index contributed by atoms with van der Waals surface area (Å²) in [5.41, 5.74) is 4.80. The Bertz CT molecular complexity index is 1190. The summed E-state index contributed by atoms with van der Waals surface area (Å²) in [5, 5.41) is 10.4. The molecule has 3 rings (SSSR count). The SMILES string of the molecule is C=CCOc1cccc(C=NNC(=O)COc2ccccc2[C@@H]2NC(=S)NC(C)=C2C(=O)OCC)c1. The third-order valence-corrected chi connectivity index (χ3v) is 5.20. The number of hydrogen-bond acceptors (Lipinski definition) is 7. The molecule has 0 saturated carbocycles. The number of nitrogens with zero attached hydrogens (tertiary/aromatic N) is 1. The molecular formula is C26H28N4O5S. The van der Waals surface area contributed by atoms with Crippen molar-refractivity contribution in [3.63, 3.8) is 0 Å². The number of esters is 1. The van der Waals surface area contributed by atoms with Gasteiger partial charge in [-0.1, -0.05) is 43.0 Å². The van der Waals surface area contributed by atoms with Gasteiger partial charge in [0.25, 0.3) is 5.91 Å². The van der Waals surface area contributed by atoms with Gasteiger partial charge in [-0.05, 0) is 49.8 Å². The molecule has 1 amide bonds. The molecule has 0 fully saturated rings. The number of nitrogens with one attached hydrogen (secondary N) is 3. The van der Waals surface area contributed by atoms with Crippen LogP contribution >= 0.6 is 12.2 Å². The molecule has 2 aromatic carbocycles. The van der Waals surface area contributed by atoms with Crippen LogP contribution in [0.2, 0.25) is 0 Å². The van der Waals surface area contributed by atoms with E-state index in [4.69, 9.17) is 26.4 Å². The highest BCUT2D eigenvalue weighted by molar-refractivity contribution is 7.80. The molecule has 2 aromatic rings. The predicted molar refractivity (Wildman–Crippen MR) is 141 cm³/mol. The van der Waals surface area contributed by atoms with Crippen LogP contribution in [0.15, 0.2) is 77.6 Å². The smallest absolute Gasteiger partial charge is 0.338 e. The largest absolute Gasteiger partial charge is 0.490 e. The lowest BCUT2D eigenvalue weighted by Gasteiger charge is -2.30. The molecule has 0 spiro atoms. The fraction of sp³-hybridized carbons (Fsp3) is 0.231. The Morgan fingerprint density at radius 2 is 2.00 bits per heavy atom. The number of hydrogen-bond donors (Lipinski definition) is 3. The van der Waals surface area contributed by atoms with Gasteiger partial charge < -0.3 is 24.8 Å². The van der Waals surface area contributed by atoms with Gasteiger partial charge in [0.05, 0.1) is 24.4 Å². The topological polar surface area (TPSA) is 110 Å². The first-order valence-electron chi connectivity index (χ1n) is 11.3. The van der Waals surface area contributed by atoms with Crippen molar-refractivity contribution in [3.05, 3.63) is 83.6 Å². The quantitative estimate of drug-likeness (QED) is 0.140. The predicted octanol–water partition coefficient (Wildman–Crippen LogP) is 3.14. The van der Waals surface area contributed by atoms with E-state index in [9.17, 15) is 9.59 Å². The van der Waals surface area contributed by atoms with Crippen LogP contribution in [0, 0.1) is 0 Å². The molecule has 3 N–H and O–H groups in total.